The Bertz CT molecular complexity index is 730. The van der Waals surface area contributed by atoms with Crippen LogP contribution in [0.4, 0.5) is 0 Å². The molecule has 1 N–H and O–H groups in total. The number of nitrogens with one attached hydrogen (secondary N) is 1. The molecule has 1 aromatic heterocycles. The van der Waals surface area contributed by atoms with Gasteiger partial charge >= 0.3 is 0 Å². The number of likely N-dealkylation sites (tertiary alicyclic amines) is 1. The number of halogens is 1. The van der Waals surface area contributed by atoms with Gasteiger partial charge in [0.1, 0.15) is 5.82 Å². The van der Waals surface area contributed by atoms with Gasteiger partial charge in [-0.2, -0.15) is 0 Å². The zero-order valence-corrected chi connectivity index (χ0v) is 13.4. The molecule has 21 heavy (non-hydrogen) atoms. The first-order valence-electron chi connectivity index (χ1n) is 7.64. The highest BCUT2D eigenvalue weighted by Gasteiger charge is 2.32. The Morgan fingerprint density at radius 1 is 1.19 bits per heavy atom. The largest absolute Gasteiger partial charge is 0.310 e. The molecule has 0 spiro atoms. The molecule has 4 nitrogen and oxygen atoms in total. The zero-order valence-electron chi connectivity index (χ0n) is 11.8. The number of aromatic amines is 1. The van der Waals surface area contributed by atoms with Gasteiger partial charge in [0.25, 0.3) is 5.56 Å². The average molecular weight is 348 g/mol. The van der Waals surface area contributed by atoms with Crippen LogP contribution in [-0.2, 0) is 0 Å². The lowest BCUT2D eigenvalue weighted by atomic mass is 9.95. The predicted molar refractivity (Wildman–Crippen MR) is 86.6 cm³/mol. The van der Waals surface area contributed by atoms with Crippen LogP contribution in [0.5, 0.6) is 0 Å². The minimum absolute atomic E-state index is 0.0269. The van der Waals surface area contributed by atoms with Crippen molar-refractivity contribution in [3.8, 4) is 0 Å². The SMILES string of the molecule is O=c1[nH]c(C2CCN(C3CC3)CC2)nc2ccc(Br)cc12. The number of benzene rings is 1. The maximum atomic E-state index is 12.3. The van der Waals surface area contributed by atoms with E-state index in [1.807, 2.05) is 18.2 Å². The maximum Gasteiger partial charge on any atom is 0.258 e. The molecule has 5 heteroatoms. The molecule has 0 radical (unpaired) electrons. The van der Waals surface area contributed by atoms with E-state index in [0.29, 0.717) is 11.3 Å². The summed E-state index contributed by atoms with van der Waals surface area (Å²) in [6.07, 6.45) is 4.93. The minimum Gasteiger partial charge on any atom is -0.310 e. The van der Waals surface area contributed by atoms with Crippen molar-refractivity contribution >= 4 is 26.8 Å². The number of hydrogen-bond donors (Lipinski definition) is 1. The molecule has 2 aliphatic rings. The Hall–Kier alpha value is -1.20. The standard InChI is InChI=1S/C16H18BrN3O/c17-11-1-4-14-13(9-11)16(21)19-15(18-14)10-5-7-20(8-6-10)12-2-3-12/h1,4,9-10,12H,2-3,5-8H2,(H,18,19,21). The Morgan fingerprint density at radius 2 is 1.95 bits per heavy atom. The molecule has 0 atom stereocenters. The fourth-order valence-electron chi connectivity index (χ4n) is 3.30. The monoisotopic (exact) mass is 347 g/mol. The Kier molecular flexibility index (Phi) is 3.34. The molecule has 1 saturated heterocycles. The van der Waals surface area contributed by atoms with E-state index < -0.39 is 0 Å². The third-order valence-electron chi connectivity index (χ3n) is 4.67. The molecule has 1 aliphatic heterocycles. The number of H-pyrrole nitrogens is 1. The molecular weight excluding hydrogens is 330 g/mol. The van der Waals surface area contributed by atoms with Crippen molar-refractivity contribution in [3.63, 3.8) is 0 Å². The Morgan fingerprint density at radius 3 is 2.67 bits per heavy atom. The molecule has 0 unspecified atom stereocenters. The first-order valence-corrected chi connectivity index (χ1v) is 8.43. The van der Waals surface area contributed by atoms with Gasteiger partial charge in [0.15, 0.2) is 0 Å². The van der Waals surface area contributed by atoms with Gasteiger partial charge in [0.2, 0.25) is 0 Å². The summed E-state index contributed by atoms with van der Waals surface area (Å²) < 4.78 is 0.910. The molecular formula is C16H18BrN3O. The lowest BCUT2D eigenvalue weighted by molar-refractivity contribution is 0.200. The summed E-state index contributed by atoms with van der Waals surface area (Å²) in [7, 11) is 0. The summed E-state index contributed by atoms with van der Waals surface area (Å²) in [5.74, 6) is 1.26. The number of fused-ring (bicyclic) bond motifs is 1. The van der Waals surface area contributed by atoms with Crippen LogP contribution in [-0.4, -0.2) is 34.0 Å². The van der Waals surface area contributed by atoms with Crippen molar-refractivity contribution in [2.24, 2.45) is 0 Å². The average Bonchev–Trinajstić information content (AvgIpc) is 3.33. The van der Waals surface area contributed by atoms with Crippen molar-refractivity contribution in [3.05, 3.63) is 38.9 Å². The lowest BCUT2D eigenvalue weighted by Gasteiger charge is -2.31. The van der Waals surface area contributed by atoms with E-state index in [1.54, 1.807) is 0 Å². The maximum absolute atomic E-state index is 12.3. The van der Waals surface area contributed by atoms with E-state index in [4.69, 9.17) is 4.98 Å². The molecule has 2 heterocycles. The summed E-state index contributed by atoms with van der Waals surface area (Å²) in [5, 5.41) is 0.656. The van der Waals surface area contributed by atoms with Crippen LogP contribution in [0, 0.1) is 0 Å². The van der Waals surface area contributed by atoms with Gasteiger partial charge in [0, 0.05) is 16.4 Å². The number of aromatic nitrogens is 2. The summed E-state index contributed by atoms with van der Waals surface area (Å²) in [5.41, 5.74) is 0.766. The van der Waals surface area contributed by atoms with Gasteiger partial charge in [0.05, 0.1) is 10.9 Å². The van der Waals surface area contributed by atoms with Gasteiger partial charge < -0.3 is 9.88 Å². The normalized spacial score (nSPS) is 21.0. The molecule has 4 rings (SSSR count). The lowest BCUT2D eigenvalue weighted by Crippen LogP contribution is -2.35. The van der Waals surface area contributed by atoms with Crippen LogP contribution in [0.15, 0.2) is 27.5 Å². The predicted octanol–water partition coefficient (Wildman–Crippen LogP) is 3.03. The number of hydrogen-bond acceptors (Lipinski definition) is 3. The van der Waals surface area contributed by atoms with Gasteiger partial charge in [-0.3, -0.25) is 4.79 Å². The van der Waals surface area contributed by atoms with Gasteiger partial charge in [-0.25, -0.2) is 4.98 Å². The van der Waals surface area contributed by atoms with Crippen molar-refractivity contribution < 1.29 is 0 Å². The second kappa shape index (κ2) is 5.21. The smallest absolute Gasteiger partial charge is 0.258 e. The van der Waals surface area contributed by atoms with Crippen molar-refractivity contribution in [1.29, 1.82) is 0 Å². The van der Waals surface area contributed by atoms with Crippen LogP contribution in [0.1, 0.15) is 37.4 Å². The van der Waals surface area contributed by atoms with Gasteiger partial charge in [-0.1, -0.05) is 15.9 Å². The number of nitrogens with zero attached hydrogens (tertiary/aromatic N) is 2. The molecule has 1 aromatic carbocycles. The molecule has 1 saturated carbocycles. The third-order valence-corrected chi connectivity index (χ3v) is 5.16. The first-order chi connectivity index (χ1) is 10.2. The number of rotatable bonds is 2. The third kappa shape index (κ3) is 2.64. The first kappa shape index (κ1) is 13.5. The fourth-order valence-corrected chi connectivity index (χ4v) is 3.66. The highest BCUT2D eigenvalue weighted by Crippen LogP contribution is 2.33. The zero-order chi connectivity index (χ0) is 14.4. The fraction of sp³-hybridized carbons (Fsp3) is 0.500. The number of piperidine rings is 1. The minimum atomic E-state index is -0.0269. The molecule has 2 fully saturated rings. The van der Waals surface area contributed by atoms with E-state index in [-0.39, 0.29) is 5.56 Å². The molecule has 0 bridgehead atoms. The Labute approximate surface area is 131 Å². The van der Waals surface area contributed by atoms with E-state index in [0.717, 1.165) is 47.8 Å². The van der Waals surface area contributed by atoms with Gasteiger partial charge in [-0.15, -0.1) is 0 Å². The van der Waals surface area contributed by atoms with Crippen LogP contribution < -0.4 is 5.56 Å². The van der Waals surface area contributed by atoms with Gasteiger partial charge in [-0.05, 0) is 57.0 Å². The molecule has 2 aromatic rings. The topological polar surface area (TPSA) is 49.0 Å². The van der Waals surface area contributed by atoms with Crippen LogP contribution in [0.25, 0.3) is 10.9 Å². The summed E-state index contributed by atoms with van der Waals surface area (Å²) in [4.78, 5) is 22.5. The van der Waals surface area contributed by atoms with Crippen molar-refractivity contribution in [1.82, 2.24) is 14.9 Å². The quantitative estimate of drug-likeness (QED) is 0.908. The van der Waals surface area contributed by atoms with Crippen molar-refractivity contribution in [2.75, 3.05) is 13.1 Å². The summed E-state index contributed by atoms with van der Waals surface area (Å²) in [6.45, 7) is 2.27. The Balaban J connectivity index is 1.62. The second-order valence-electron chi connectivity index (χ2n) is 6.15. The van der Waals surface area contributed by atoms with E-state index in [1.165, 1.54) is 12.8 Å². The highest BCUT2D eigenvalue weighted by atomic mass is 79.9. The van der Waals surface area contributed by atoms with E-state index in [9.17, 15) is 4.79 Å². The summed E-state index contributed by atoms with van der Waals surface area (Å²) >= 11 is 3.40. The van der Waals surface area contributed by atoms with E-state index in [2.05, 4.69) is 25.8 Å². The molecule has 1 aliphatic carbocycles. The van der Waals surface area contributed by atoms with E-state index >= 15 is 0 Å². The highest BCUT2D eigenvalue weighted by molar-refractivity contribution is 9.10. The summed E-state index contributed by atoms with van der Waals surface area (Å²) in [6, 6.07) is 6.53. The van der Waals surface area contributed by atoms with Crippen LogP contribution in [0.3, 0.4) is 0 Å². The van der Waals surface area contributed by atoms with Crippen LogP contribution >= 0.6 is 15.9 Å². The molecule has 0 amide bonds. The van der Waals surface area contributed by atoms with Crippen molar-refractivity contribution in [2.45, 2.75) is 37.6 Å². The molecule has 110 valence electrons. The van der Waals surface area contributed by atoms with Crippen LogP contribution in [0.2, 0.25) is 0 Å². The second-order valence-corrected chi connectivity index (χ2v) is 7.07.